The molecule has 1 aliphatic heterocycles. The lowest BCUT2D eigenvalue weighted by Gasteiger charge is -2.29. The van der Waals surface area contributed by atoms with Crippen LogP contribution in [0, 0.1) is 5.92 Å². The van der Waals surface area contributed by atoms with Crippen molar-refractivity contribution in [2.24, 2.45) is 5.92 Å². The van der Waals surface area contributed by atoms with Crippen molar-refractivity contribution in [3.63, 3.8) is 0 Å². The summed E-state index contributed by atoms with van der Waals surface area (Å²) in [6, 6.07) is 3.20. The first-order valence-electron chi connectivity index (χ1n) is 11.1. The number of carbonyl (C=O) groups is 2. The molecule has 4 heterocycles. The Morgan fingerprint density at radius 3 is 2.97 bits per heavy atom. The van der Waals surface area contributed by atoms with Crippen LogP contribution in [0.1, 0.15) is 33.1 Å². The van der Waals surface area contributed by atoms with Crippen molar-refractivity contribution >= 4 is 34.8 Å². The molecule has 1 aliphatic carbocycles. The highest BCUT2D eigenvalue weighted by molar-refractivity contribution is 6.00. The first-order chi connectivity index (χ1) is 16.2. The minimum atomic E-state index is -2.72. The number of hydrogen-bond acceptors (Lipinski definition) is 9. The molecule has 3 aromatic rings. The molecule has 0 atom stereocenters. The highest BCUT2D eigenvalue weighted by Crippen LogP contribution is 2.37. The average molecular weight is 423 g/mol. The third-order valence-electron chi connectivity index (χ3n) is 5.11. The van der Waals surface area contributed by atoms with Crippen LogP contribution in [0.5, 0.6) is 0 Å². The van der Waals surface area contributed by atoms with Crippen molar-refractivity contribution < 1.29 is 13.7 Å². The van der Waals surface area contributed by atoms with Crippen LogP contribution in [0.15, 0.2) is 24.5 Å². The van der Waals surface area contributed by atoms with Gasteiger partial charge in [-0.25, -0.2) is 9.67 Å². The molecule has 0 radical (unpaired) electrons. The number of fused-ring (bicyclic) bond motifs is 3. The second-order valence-corrected chi connectivity index (χ2v) is 7.36. The Kier molecular flexibility index (Phi) is 3.70. The predicted molar refractivity (Wildman–Crippen MR) is 111 cm³/mol. The molecular weight excluding hydrogens is 400 g/mol. The van der Waals surface area contributed by atoms with Gasteiger partial charge in [0.2, 0.25) is 5.91 Å². The van der Waals surface area contributed by atoms with E-state index in [2.05, 4.69) is 36.1 Å². The van der Waals surface area contributed by atoms with Crippen LogP contribution in [0.2, 0.25) is 0 Å². The molecule has 5 rings (SSSR count). The zero-order valence-electron chi connectivity index (χ0n) is 19.5. The number of nitrogens with zero attached hydrogens (tertiary/aromatic N) is 7. The number of hydrogen-bond donors (Lipinski definition) is 3. The Morgan fingerprint density at radius 1 is 1.29 bits per heavy atom. The maximum atomic E-state index is 12.7. The minimum Gasteiger partial charge on any atom is -0.364 e. The molecule has 2 amide bonds. The Morgan fingerprint density at radius 2 is 2.16 bits per heavy atom. The first kappa shape index (κ1) is 15.7. The van der Waals surface area contributed by atoms with Gasteiger partial charge in [0.25, 0.3) is 5.91 Å². The summed E-state index contributed by atoms with van der Waals surface area (Å²) in [4.78, 5) is 31.2. The maximum absolute atomic E-state index is 12.7. The quantitative estimate of drug-likeness (QED) is 0.544. The van der Waals surface area contributed by atoms with Gasteiger partial charge in [-0.15, -0.1) is 15.3 Å². The third kappa shape index (κ3) is 3.41. The Labute approximate surface area is 181 Å². The minimum absolute atomic E-state index is 0.0647. The van der Waals surface area contributed by atoms with Crippen LogP contribution in [-0.2, 0) is 11.3 Å². The van der Waals surface area contributed by atoms with E-state index in [9.17, 15) is 9.59 Å². The van der Waals surface area contributed by atoms with Crippen molar-refractivity contribution in [1.82, 2.24) is 35.5 Å². The second kappa shape index (κ2) is 7.31. The second-order valence-electron chi connectivity index (χ2n) is 7.36. The van der Waals surface area contributed by atoms with Crippen LogP contribution in [0.4, 0.5) is 23.0 Å². The summed E-state index contributed by atoms with van der Waals surface area (Å²) >= 11 is 0. The summed E-state index contributed by atoms with van der Waals surface area (Å²) in [7, 11) is 1.87. The fraction of sp³-hybridized carbons (Fsp3) is 0.316. The third-order valence-corrected chi connectivity index (χ3v) is 5.11. The maximum Gasteiger partial charge on any atom is 0.273 e. The van der Waals surface area contributed by atoms with Gasteiger partial charge in [0, 0.05) is 36.3 Å². The average Bonchev–Trinajstić information content (AvgIpc) is 3.51. The van der Waals surface area contributed by atoms with Crippen LogP contribution in [0.3, 0.4) is 0 Å². The lowest BCUT2D eigenvalue weighted by molar-refractivity contribution is -0.117. The van der Waals surface area contributed by atoms with Gasteiger partial charge in [0.05, 0.1) is 29.8 Å². The van der Waals surface area contributed by atoms with Crippen molar-refractivity contribution in [3.8, 4) is 5.69 Å². The van der Waals surface area contributed by atoms with E-state index in [-0.39, 0.29) is 29.0 Å². The Bertz CT molecular complexity index is 1290. The Hall–Kier alpha value is -4.09. The molecular formula is C19H20N10O2. The standard InChI is InChI=1S/C19H20N10O2/c1-20-19(31)15-12(7-14(25-26-15)24-18(30)10-3-4-10)23-17-16-13(5-6-21-17)29-11(8-22-27-29)9-28(16)2/h5-8,10H,3-4,9H2,1-2H3,(H,20,31)(H2,21,23,24,25,30)/i1D3. The van der Waals surface area contributed by atoms with E-state index >= 15 is 0 Å². The van der Waals surface area contributed by atoms with Crippen LogP contribution in [0.25, 0.3) is 5.69 Å². The highest BCUT2D eigenvalue weighted by atomic mass is 16.2. The molecule has 0 bridgehead atoms. The lowest BCUT2D eigenvalue weighted by Crippen LogP contribution is -2.27. The summed E-state index contributed by atoms with van der Waals surface area (Å²) in [6.07, 6.45) is 4.85. The van der Waals surface area contributed by atoms with Gasteiger partial charge >= 0.3 is 0 Å². The molecule has 31 heavy (non-hydrogen) atoms. The zero-order valence-corrected chi connectivity index (χ0v) is 16.5. The van der Waals surface area contributed by atoms with Gasteiger partial charge in [-0.2, -0.15) is 0 Å². The SMILES string of the molecule is [2H]C([2H])([2H])NC(=O)c1nnc(NC(=O)C2CC2)cc1Nc1nccc2c1N(C)Cc1cnnn1-2. The number of rotatable bonds is 5. The normalized spacial score (nSPS) is 16.3. The molecule has 2 aliphatic rings. The number of nitrogens with one attached hydrogen (secondary N) is 3. The monoisotopic (exact) mass is 423 g/mol. The topological polar surface area (TPSA) is 143 Å². The molecule has 1 fully saturated rings. The lowest BCUT2D eigenvalue weighted by atomic mass is 10.2. The van der Waals surface area contributed by atoms with Crippen molar-refractivity contribution in [2.45, 2.75) is 19.4 Å². The molecule has 3 aromatic heterocycles. The van der Waals surface area contributed by atoms with Gasteiger partial charge in [-0.3, -0.25) is 9.59 Å². The van der Waals surface area contributed by atoms with E-state index in [1.807, 2.05) is 17.3 Å². The van der Waals surface area contributed by atoms with Gasteiger partial charge in [0.15, 0.2) is 17.3 Å². The largest absolute Gasteiger partial charge is 0.364 e. The van der Waals surface area contributed by atoms with Gasteiger partial charge in [-0.1, -0.05) is 5.21 Å². The van der Waals surface area contributed by atoms with Crippen molar-refractivity contribution in [3.05, 3.63) is 35.9 Å². The van der Waals surface area contributed by atoms with Crippen molar-refractivity contribution in [2.75, 3.05) is 29.6 Å². The Balaban J connectivity index is 1.54. The van der Waals surface area contributed by atoms with Crippen LogP contribution < -0.4 is 20.9 Å². The highest BCUT2D eigenvalue weighted by Gasteiger charge is 2.30. The zero-order chi connectivity index (χ0) is 24.0. The molecule has 0 unspecified atom stereocenters. The van der Waals surface area contributed by atoms with Gasteiger partial charge in [0.1, 0.15) is 5.69 Å². The fourth-order valence-corrected chi connectivity index (χ4v) is 3.45. The molecule has 12 nitrogen and oxygen atoms in total. The summed E-state index contributed by atoms with van der Waals surface area (Å²) in [5, 5.41) is 23.5. The van der Waals surface area contributed by atoms with E-state index in [1.165, 1.54) is 6.07 Å². The number of aromatic nitrogens is 6. The summed E-state index contributed by atoms with van der Waals surface area (Å²) in [5.41, 5.74) is 2.15. The van der Waals surface area contributed by atoms with Crippen molar-refractivity contribution in [1.29, 1.82) is 0 Å². The van der Waals surface area contributed by atoms with Crippen LogP contribution >= 0.6 is 0 Å². The number of carbonyl (C=O) groups excluding carboxylic acids is 2. The van der Waals surface area contributed by atoms with Gasteiger partial charge < -0.3 is 20.9 Å². The summed E-state index contributed by atoms with van der Waals surface area (Å²) < 4.78 is 23.7. The van der Waals surface area contributed by atoms with Gasteiger partial charge in [-0.05, 0) is 18.9 Å². The summed E-state index contributed by atoms with van der Waals surface area (Å²) in [6.45, 7) is -2.20. The smallest absolute Gasteiger partial charge is 0.273 e. The molecule has 1 saturated carbocycles. The summed E-state index contributed by atoms with van der Waals surface area (Å²) in [5.74, 6) is -0.705. The van der Waals surface area contributed by atoms with E-state index in [0.717, 1.165) is 24.2 Å². The van der Waals surface area contributed by atoms with E-state index < -0.39 is 12.9 Å². The first-order valence-corrected chi connectivity index (χ1v) is 9.58. The van der Waals surface area contributed by atoms with E-state index in [0.29, 0.717) is 18.1 Å². The van der Waals surface area contributed by atoms with Crippen LogP contribution in [-0.4, -0.2) is 56.0 Å². The molecule has 3 N–H and O–H groups in total. The van der Waals surface area contributed by atoms with E-state index in [4.69, 9.17) is 4.11 Å². The van der Waals surface area contributed by atoms with E-state index in [1.54, 1.807) is 23.1 Å². The molecule has 158 valence electrons. The number of anilines is 4. The molecule has 0 spiro atoms. The molecule has 0 saturated heterocycles. The molecule has 0 aromatic carbocycles. The predicted octanol–water partition coefficient (Wildman–Crippen LogP) is 0.854. The number of pyridine rings is 1. The number of amides is 2. The molecule has 12 heteroatoms. The fourth-order valence-electron chi connectivity index (χ4n) is 3.45.